The van der Waals surface area contributed by atoms with Crippen molar-refractivity contribution in [2.75, 3.05) is 38.2 Å². The van der Waals surface area contributed by atoms with E-state index in [0.29, 0.717) is 43.5 Å². The fourth-order valence-corrected chi connectivity index (χ4v) is 13.3. The molecule has 2 aliphatic heterocycles. The van der Waals surface area contributed by atoms with Crippen LogP contribution in [0, 0.1) is 17.8 Å². The van der Waals surface area contributed by atoms with E-state index in [2.05, 4.69) is 30.7 Å². The Balaban J connectivity index is 1.03. The number of ketones is 3. The Labute approximate surface area is 527 Å². The van der Waals surface area contributed by atoms with Crippen molar-refractivity contribution in [1.82, 2.24) is 21.3 Å². The summed E-state index contributed by atoms with van der Waals surface area (Å²) in [6.07, 6.45) is 13.5. The monoisotopic (exact) mass is 1280 g/mol. The highest BCUT2D eigenvalue weighted by atomic mass is 32.2. The number of amides is 4. The van der Waals surface area contributed by atoms with E-state index in [1.54, 1.807) is 42.5 Å². The molecule has 90 heavy (non-hydrogen) atoms. The van der Waals surface area contributed by atoms with Crippen molar-refractivity contribution in [1.29, 1.82) is 0 Å². The molecular formula is C66H87N6O16S2+. The lowest BCUT2D eigenvalue weighted by Crippen LogP contribution is -2.48. The van der Waals surface area contributed by atoms with E-state index >= 15 is 0 Å². The zero-order chi connectivity index (χ0) is 66.1. The number of anilines is 1. The number of aliphatic hydroxyl groups is 1. The first kappa shape index (κ1) is 71.6. The molecule has 22 nitrogen and oxygen atoms in total. The minimum atomic E-state index is -4.52. The van der Waals surface area contributed by atoms with Gasteiger partial charge in [0.05, 0.1) is 52.8 Å². The number of allylic oxidation sites excluding steroid dienone is 6. The predicted octanol–water partition coefficient (Wildman–Crippen LogP) is 6.94. The number of carboxylic acids is 1. The van der Waals surface area contributed by atoms with Gasteiger partial charge in [0, 0.05) is 92.5 Å². The molecule has 24 heteroatoms. The van der Waals surface area contributed by atoms with E-state index in [4.69, 9.17) is 0 Å². The summed E-state index contributed by atoms with van der Waals surface area (Å²) in [5.74, 6) is -7.53. The van der Waals surface area contributed by atoms with Crippen LogP contribution in [0.15, 0.2) is 113 Å². The lowest BCUT2D eigenvalue weighted by atomic mass is 9.80. The van der Waals surface area contributed by atoms with Crippen LogP contribution in [-0.2, 0) is 75.8 Å². The van der Waals surface area contributed by atoms with Crippen molar-refractivity contribution in [2.45, 2.75) is 170 Å². The van der Waals surface area contributed by atoms with Gasteiger partial charge < -0.3 is 36.4 Å². The number of aliphatic hydroxyl groups excluding tert-OH is 1. The van der Waals surface area contributed by atoms with Gasteiger partial charge in [-0.2, -0.15) is 21.4 Å². The number of aliphatic carboxylic acids is 1. The Hall–Kier alpha value is -7.51. The summed E-state index contributed by atoms with van der Waals surface area (Å²) in [7, 11) is -7.56. The number of carbonyl (C=O) groups is 8. The van der Waals surface area contributed by atoms with Crippen LogP contribution in [-0.4, -0.2) is 139 Å². The summed E-state index contributed by atoms with van der Waals surface area (Å²) >= 11 is 0. The molecular weight excluding hydrogens is 1200 g/mol. The molecule has 488 valence electrons. The lowest BCUT2D eigenvalue weighted by molar-refractivity contribution is -0.438. The number of likely N-dealkylation sites (N-methyl/N-ethyl adjacent to an activating group) is 1. The lowest BCUT2D eigenvalue weighted by Gasteiger charge is -2.28. The third-order valence-electron chi connectivity index (χ3n) is 17.3. The standard InChI is InChI=1S/C66H86N6O16S2/c1-7-71-54-30-28-48(89(83,84)85)38-50(54)65(2,3)58(71)24-16-10-17-25-59-66(4,5)51-39-49(90(86,87)88)29-31-55(51)72(59)33-19-11-18-26-60(77)68-41-47(74)27-32-61(78)69-53(40-62(79)80)56(75)36-45(34-43-20-12-8-13-21-43)64(82)70-52(35-44-22-14-9-15-23-44)57(76)37-46(42-73)63(81)67-6/h9-10,14-17,22-25,28-31,38-39,43,45-46,52-53,73H,7-8,11-13,18-21,26-27,32-37,40-42H2,1-6H3,(H6-,67,68,69,70,77,78,79,80,81,82,83,84,85,86,87,88)/p+1/t45-,46-,52+,53+/m1/s1. The van der Waals surface area contributed by atoms with Gasteiger partial charge >= 0.3 is 5.97 Å². The van der Waals surface area contributed by atoms with Gasteiger partial charge in [-0.25, -0.2) is 0 Å². The van der Waals surface area contributed by atoms with Crippen molar-refractivity contribution in [3.8, 4) is 0 Å². The summed E-state index contributed by atoms with van der Waals surface area (Å²) in [4.78, 5) is 107. The van der Waals surface area contributed by atoms with E-state index in [-0.39, 0.29) is 54.4 Å². The molecule has 1 aliphatic carbocycles. The van der Waals surface area contributed by atoms with Crippen LogP contribution in [0.5, 0.6) is 0 Å². The number of carbonyl (C=O) groups excluding carboxylic acids is 7. The smallest absolute Gasteiger partial charge is 0.305 e. The molecule has 1 saturated carbocycles. The third kappa shape index (κ3) is 19.3. The number of hydrogen-bond acceptors (Lipinski definition) is 14. The molecule has 4 amide bonds. The number of carboxylic acid groups (broad SMARTS) is 1. The van der Waals surface area contributed by atoms with Crippen molar-refractivity contribution in [3.05, 3.63) is 119 Å². The summed E-state index contributed by atoms with van der Waals surface area (Å²) in [5, 5.41) is 30.0. The van der Waals surface area contributed by atoms with Crippen LogP contribution in [0.1, 0.15) is 148 Å². The molecule has 0 radical (unpaired) electrons. The topological polar surface area (TPSA) is 340 Å². The van der Waals surface area contributed by atoms with Crippen LogP contribution in [0.2, 0.25) is 0 Å². The molecule has 0 spiro atoms. The Bertz CT molecular complexity index is 3510. The fourth-order valence-electron chi connectivity index (χ4n) is 12.3. The second kappa shape index (κ2) is 32.0. The number of rotatable bonds is 34. The van der Waals surface area contributed by atoms with Crippen molar-refractivity contribution < 1.29 is 79.1 Å². The first-order chi connectivity index (χ1) is 42.5. The highest BCUT2D eigenvalue weighted by Gasteiger charge is 2.45. The number of Topliss-reactive ketones (excluding diaryl/α,β-unsaturated/α-hetero) is 3. The number of nitrogens with zero attached hydrogens (tertiary/aromatic N) is 2. The number of fused-ring (bicyclic) bond motifs is 2. The van der Waals surface area contributed by atoms with Gasteiger partial charge in [0.1, 0.15) is 6.54 Å². The van der Waals surface area contributed by atoms with Crippen LogP contribution in [0.25, 0.3) is 0 Å². The zero-order valence-corrected chi connectivity index (χ0v) is 53.8. The minimum absolute atomic E-state index is 0.0541. The van der Waals surface area contributed by atoms with Gasteiger partial charge in [0.15, 0.2) is 23.1 Å². The molecule has 3 aromatic rings. The van der Waals surface area contributed by atoms with Crippen LogP contribution in [0.3, 0.4) is 0 Å². The van der Waals surface area contributed by atoms with Crippen LogP contribution < -0.4 is 26.2 Å². The second-order valence-corrected chi connectivity index (χ2v) is 27.3. The van der Waals surface area contributed by atoms with E-state index in [9.17, 15) is 74.5 Å². The fraction of sp³-hybridized carbons (Fsp3) is 0.500. The number of unbranched alkanes of at least 4 members (excludes halogenated alkanes) is 2. The van der Waals surface area contributed by atoms with Gasteiger partial charge in [0.2, 0.25) is 29.3 Å². The average Bonchev–Trinajstić information content (AvgIpc) is 1.63. The molecule has 3 aliphatic rings. The quantitative estimate of drug-likeness (QED) is 0.0130. The molecule has 4 atom stereocenters. The predicted molar refractivity (Wildman–Crippen MR) is 338 cm³/mol. The summed E-state index contributed by atoms with van der Waals surface area (Å²) in [6, 6.07) is 15.2. The molecule has 0 bridgehead atoms. The summed E-state index contributed by atoms with van der Waals surface area (Å²) in [5.41, 5.74) is 4.14. The number of nitrogens with one attached hydrogen (secondary N) is 4. The first-order valence-corrected chi connectivity index (χ1v) is 33.6. The summed E-state index contributed by atoms with van der Waals surface area (Å²) < 4.78 is 70.2. The van der Waals surface area contributed by atoms with Gasteiger partial charge in [-0.05, 0) is 99.9 Å². The average molecular weight is 1280 g/mol. The molecule has 3 aromatic carbocycles. The Morgan fingerprint density at radius 3 is 1.98 bits per heavy atom. The van der Waals surface area contributed by atoms with Gasteiger partial charge in [-0.1, -0.05) is 94.5 Å². The molecule has 0 saturated heterocycles. The Morgan fingerprint density at radius 2 is 1.34 bits per heavy atom. The van der Waals surface area contributed by atoms with Gasteiger partial charge in [-0.3, -0.25) is 47.5 Å². The minimum Gasteiger partial charge on any atom is -0.481 e. The second-order valence-electron chi connectivity index (χ2n) is 24.5. The van der Waals surface area contributed by atoms with Crippen molar-refractivity contribution in [3.63, 3.8) is 0 Å². The molecule has 0 unspecified atom stereocenters. The van der Waals surface area contributed by atoms with E-state index in [1.165, 1.54) is 31.3 Å². The maximum atomic E-state index is 14.3. The Kier molecular flexibility index (Phi) is 25.4. The van der Waals surface area contributed by atoms with Gasteiger partial charge in [0.25, 0.3) is 20.2 Å². The number of benzene rings is 3. The third-order valence-corrected chi connectivity index (χ3v) is 19.0. The highest BCUT2D eigenvalue weighted by molar-refractivity contribution is 7.86. The normalized spacial score (nSPS) is 17.3. The number of hydrogen-bond donors (Lipinski definition) is 8. The molecule has 2 heterocycles. The van der Waals surface area contributed by atoms with E-state index in [1.807, 2.05) is 65.0 Å². The summed E-state index contributed by atoms with van der Waals surface area (Å²) in [6.45, 7) is 9.92. The Morgan fingerprint density at radius 1 is 0.700 bits per heavy atom. The molecule has 0 aromatic heterocycles. The van der Waals surface area contributed by atoms with Crippen molar-refractivity contribution in [2.24, 2.45) is 17.8 Å². The molecule has 8 N–H and O–H groups in total. The molecule has 6 rings (SSSR count). The highest BCUT2D eigenvalue weighted by Crippen LogP contribution is 2.48. The van der Waals surface area contributed by atoms with E-state index < -0.39 is 128 Å². The first-order valence-electron chi connectivity index (χ1n) is 30.7. The SMILES string of the molecule is CCN1C(=CC=CC=CC2=[N+](CCCCCC(=O)NCC(=O)CCC(=O)N[C@@H](CC(=O)O)C(=O)C[C@@H](CC3CCCCC3)C(=O)N[C@@H](Cc3ccccc3)C(=O)C[C@H](CO)C(=O)NC)c3ccc(S(=O)(=O)O)cc3C2(C)C)C(C)(C)c2cc(S(=O)(=O)O)ccc21. The van der Waals surface area contributed by atoms with Gasteiger partial charge in [-0.15, -0.1) is 0 Å². The van der Waals surface area contributed by atoms with Crippen molar-refractivity contribution >= 4 is 84.3 Å². The maximum Gasteiger partial charge on any atom is 0.305 e. The van der Waals surface area contributed by atoms with E-state index in [0.717, 1.165) is 60.5 Å². The molecule has 1 fully saturated rings. The zero-order valence-electron chi connectivity index (χ0n) is 52.2. The maximum absolute atomic E-state index is 14.3. The van der Waals surface area contributed by atoms with Crippen LogP contribution >= 0.6 is 0 Å². The largest absolute Gasteiger partial charge is 0.481 e. The van der Waals surface area contributed by atoms with Crippen LogP contribution in [0.4, 0.5) is 11.4 Å².